The lowest BCUT2D eigenvalue weighted by Gasteiger charge is -2.39. The molecule has 188 valence electrons. The Morgan fingerprint density at radius 2 is 1.54 bits per heavy atom. The number of piperidine rings is 1. The molecule has 2 bridgehead atoms. The van der Waals surface area contributed by atoms with Gasteiger partial charge < -0.3 is 24.4 Å². The number of carbonyl (C=O) groups is 2. The van der Waals surface area contributed by atoms with Crippen LogP contribution in [-0.4, -0.2) is 48.8 Å². The highest BCUT2D eigenvalue weighted by Gasteiger charge is 2.45. The molecule has 5 rings (SSSR count). The molecule has 35 heavy (non-hydrogen) atoms. The first-order chi connectivity index (χ1) is 16.7. The zero-order valence-electron chi connectivity index (χ0n) is 21.3. The average Bonchev–Trinajstić information content (AvgIpc) is 3.34. The van der Waals surface area contributed by atoms with Gasteiger partial charge in [0, 0.05) is 24.2 Å². The number of hydrogen-bond acceptors (Lipinski definition) is 5. The van der Waals surface area contributed by atoms with Crippen molar-refractivity contribution in [3.63, 3.8) is 0 Å². The van der Waals surface area contributed by atoms with E-state index >= 15 is 0 Å². The Kier molecular flexibility index (Phi) is 7.24. The lowest BCUT2D eigenvalue weighted by atomic mass is 9.85. The van der Waals surface area contributed by atoms with Crippen LogP contribution in [-0.2, 0) is 11.3 Å². The van der Waals surface area contributed by atoms with Crippen LogP contribution in [0.3, 0.4) is 0 Å². The molecular formula is C28H36N2O5. The molecule has 3 aliphatic heterocycles. The van der Waals surface area contributed by atoms with Crippen molar-refractivity contribution in [3.05, 3.63) is 59.2 Å². The zero-order chi connectivity index (χ0) is 25.2. The van der Waals surface area contributed by atoms with Gasteiger partial charge in [-0.05, 0) is 87.8 Å². The van der Waals surface area contributed by atoms with E-state index in [4.69, 9.17) is 14.2 Å². The van der Waals surface area contributed by atoms with Crippen molar-refractivity contribution in [3.8, 4) is 11.5 Å². The number of fused-ring (bicyclic) bond motifs is 3. The standard InChI is InChI=1S/C19H27NO3.C9H9NO2/c1-19(2,3)23-18(21)20-15-7-8-16(20)12-14(11-15)13-5-9-17(22-4)10-6-13;1-12-7-3-2-6-5-10-9(11)8(6)4-7/h5-6,9-10,14-16H,7-8,11-12H2,1-4H3;2-4H,5H2,1H3,(H,10,11). The first-order valence-corrected chi connectivity index (χ1v) is 12.3. The summed E-state index contributed by atoms with van der Waals surface area (Å²) in [6.45, 7) is 6.42. The van der Waals surface area contributed by atoms with Gasteiger partial charge in [0.15, 0.2) is 0 Å². The fourth-order valence-electron chi connectivity index (χ4n) is 5.26. The average molecular weight is 481 g/mol. The minimum absolute atomic E-state index is 0.0103. The number of rotatable bonds is 3. The van der Waals surface area contributed by atoms with Gasteiger partial charge in [0.25, 0.3) is 5.91 Å². The van der Waals surface area contributed by atoms with Crippen molar-refractivity contribution in [1.29, 1.82) is 0 Å². The van der Waals surface area contributed by atoms with Crippen molar-refractivity contribution < 1.29 is 23.8 Å². The minimum atomic E-state index is -0.427. The van der Waals surface area contributed by atoms with E-state index in [1.807, 2.05) is 49.9 Å². The number of hydrogen-bond donors (Lipinski definition) is 1. The van der Waals surface area contributed by atoms with E-state index in [2.05, 4.69) is 17.4 Å². The molecule has 7 heteroatoms. The van der Waals surface area contributed by atoms with Crippen LogP contribution in [0.15, 0.2) is 42.5 Å². The number of ether oxygens (including phenoxy) is 3. The molecule has 0 saturated carbocycles. The molecule has 0 aliphatic carbocycles. The third-order valence-electron chi connectivity index (χ3n) is 6.93. The lowest BCUT2D eigenvalue weighted by molar-refractivity contribution is 0.00583. The molecule has 0 spiro atoms. The van der Waals surface area contributed by atoms with Crippen LogP contribution in [0.2, 0.25) is 0 Å². The monoisotopic (exact) mass is 480 g/mol. The molecule has 7 nitrogen and oxygen atoms in total. The second-order valence-electron chi connectivity index (χ2n) is 10.4. The lowest BCUT2D eigenvalue weighted by Crippen LogP contribution is -2.48. The summed E-state index contributed by atoms with van der Waals surface area (Å²) in [7, 11) is 3.28. The molecule has 2 saturated heterocycles. The van der Waals surface area contributed by atoms with E-state index in [0.29, 0.717) is 24.5 Å². The summed E-state index contributed by atoms with van der Waals surface area (Å²) < 4.78 is 15.8. The number of nitrogens with one attached hydrogen (secondary N) is 1. The Bertz CT molecular complexity index is 1050. The molecule has 2 atom stereocenters. The van der Waals surface area contributed by atoms with Crippen LogP contribution < -0.4 is 14.8 Å². The SMILES string of the molecule is COc1ccc(C2CC3CCC(C2)N3C(=O)OC(C)(C)C)cc1.COc1ccc2c(c1)C(=O)NC2. The van der Waals surface area contributed by atoms with E-state index in [1.54, 1.807) is 20.3 Å². The van der Waals surface area contributed by atoms with Gasteiger partial charge in [-0.25, -0.2) is 4.79 Å². The van der Waals surface area contributed by atoms with Crippen molar-refractivity contribution in [2.24, 2.45) is 0 Å². The van der Waals surface area contributed by atoms with Crippen molar-refractivity contribution in [2.45, 2.75) is 76.6 Å². The van der Waals surface area contributed by atoms with Gasteiger partial charge in [-0.1, -0.05) is 18.2 Å². The molecule has 2 unspecified atom stereocenters. The summed E-state index contributed by atoms with van der Waals surface area (Å²) in [4.78, 5) is 25.7. The van der Waals surface area contributed by atoms with Crippen LogP contribution >= 0.6 is 0 Å². The number of methoxy groups -OCH3 is 2. The Balaban J connectivity index is 0.000000201. The first-order valence-electron chi connectivity index (χ1n) is 12.3. The number of benzene rings is 2. The van der Waals surface area contributed by atoms with Gasteiger partial charge in [0.2, 0.25) is 0 Å². The normalized spacial score (nSPS) is 22.5. The summed E-state index contributed by atoms with van der Waals surface area (Å²) in [6.07, 6.45) is 4.11. The quantitative estimate of drug-likeness (QED) is 0.647. The Morgan fingerprint density at radius 3 is 2.11 bits per heavy atom. The van der Waals surface area contributed by atoms with Gasteiger partial charge in [-0.2, -0.15) is 0 Å². The third-order valence-corrected chi connectivity index (χ3v) is 6.93. The molecule has 3 heterocycles. The molecule has 2 aromatic carbocycles. The highest BCUT2D eigenvalue weighted by Crippen LogP contribution is 2.43. The van der Waals surface area contributed by atoms with E-state index in [-0.39, 0.29) is 12.0 Å². The van der Waals surface area contributed by atoms with Crippen molar-refractivity contribution >= 4 is 12.0 Å². The van der Waals surface area contributed by atoms with Gasteiger partial charge in [-0.15, -0.1) is 0 Å². The summed E-state index contributed by atoms with van der Waals surface area (Å²) >= 11 is 0. The Hall–Kier alpha value is -3.22. The molecule has 1 N–H and O–H groups in total. The fraction of sp³-hybridized carbons (Fsp3) is 0.500. The molecule has 3 aliphatic rings. The number of amides is 2. The molecular weight excluding hydrogens is 444 g/mol. The predicted octanol–water partition coefficient (Wildman–Crippen LogP) is 5.28. The van der Waals surface area contributed by atoms with Gasteiger partial charge in [-0.3, -0.25) is 4.79 Å². The molecule has 2 aromatic rings. The first kappa shape index (κ1) is 24.9. The van der Waals surface area contributed by atoms with Crippen LogP contribution in [0, 0.1) is 0 Å². The second-order valence-corrected chi connectivity index (χ2v) is 10.4. The summed E-state index contributed by atoms with van der Waals surface area (Å²) in [5, 5.41) is 2.74. The van der Waals surface area contributed by atoms with Crippen LogP contribution in [0.5, 0.6) is 11.5 Å². The van der Waals surface area contributed by atoms with Crippen molar-refractivity contribution in [1.82, 2.24) is 10.2 Å². The van der Waals surface area contributed by atoms with Crippen LogP contribution in [0.1, 0.15) is 73.9 Å². The number of carbonyl (C=O) groups excluding carboxylic acids is 2. The smallest absolute Gasteiger partial charge is 0.410 e. The third kappa shape index (κ3) is 5.72. The maximum absolute atomic E-state index is 12.5. The highest BCUT2D eigenvalue weighted by atomic mass is 16.6. The molecule has 2 fully saturated rings. The minimum Gasteiger partial charge on any atom is -0.497 e. The summed E-state index contributed by atoms with van der Waals surface area (Å²) in [6, 6.07) is 14.5. The molecule has 0 aromatic heterocycles. The molecule has 2 amide bonds. The largest absolute Gasteiger partial charge is 0.497 e. The van der Waals surface area contributed by atoms with E-state index in [0.717, 1.165) is 48.3 Å². The summed E-state index contributed by atoms with van der Waals surface area (Å²) in [5.74, 6) is 2.13. The fourth-order valence-corrected chi connectivity index (χ4v) is 5.26. The van der Waals surface area contributed by atoms with Crippen LogP contribution in [0.4, 0.5) is 4.79 Å². The van der Waals surface area contributed by atoms with Crippen LogP contribution in [0.25, 0.3) is 0 Å². The molecule has 0 radical (unpaired) electrons. The highest BCUT2D eigenvalue weighted by molar-refractivity contribution is 5.98. The zero-order valence-corrected chi connectivity index (χ0v) is 21.3. The van der Waals surface area contributed by atoms with Gasteiger partial charge in [0.1, 0.15) is 17.1 Å². The predicted molar refractivity (Wildman–Crippen MR) is 134 cm³/mol. The maximum Gasteiger partial charge on any atom is 0.410 e. The van der Waals surface area contributed by atoms with E-state index in [1.165, 1.54) is 5.56 Å². The Labute approximate surface area is 207 Å². The number of nitrogens with zero attached hydrogens (tertiary/aromatic N) is 1. The topological polar surface area (TPSA) is 77.1 Å². The Morgan fingerprint density at radius 1 is 0.943 bits per heavy atom. The second kappa shape index (κ2) is 10.2. The van der Waals surface area contributed by atoms with E-state index < -0.39 is 5.60 Å². The van der Waals surface area contributed by atoms with Gasteiger partial charge in [0.05, 0.1) is 14.2 Å². The maximum atomic E-state index is 12.5. The van der Waals surface area contributed by atoms with Gasteiger partial charge >= 0.3 is 6.09 Å². The summed E-state index contributed by atoms with van der Waals surface area (Å²) in [5.41, 5.74) is 2.70. The van der Waals surface area contributed by atoms with Crippen molar-refractivity contribution in [2.75, 3.05) is 14.2 Å². The van der Waals surface area contributed by atoms with E-state index in [9.17, 15) is 9.59 Å².